The molecule has 0 saturated heterocycles. The van der Waals surface area contributed by atoms with E-state index >= 15 is 0 Å². The Morgan fingerprint density at radius 1 is 0.375 bits per heavy atom. The fourth-order valence-electron chi connectivity index (χ4n) is 9.36. The first-order valence-electron chi connectivity index (χ1n) is 21.5. The Kier molecular flexibility index (Phi) is 8.36. The average molecular weight is 837 g/mol. The fourth-order valence-corrected chi connectivity index (χ4v) is 10.6. The Morgan fingerprint density at radius 3 is 1.88 bits per heavy atom. The van der Waals surface area contributed by atoms with Crippen LogP contribution in [0, 0.1) is 0 Å². The molecule has 0 aliphatic carbocycles. The van der Waals surface area contributed by atoms with Gasteiger partial charge >= 0.3 is 0 Å². The zero-order valence-corrected chi connectivity index (χ0v) is 35.2. The number of hydrogen-bond acceptors (Lipinski definition) is 5. The van der Waals surface area contributed by atoms with Gasteiger partial charge < -0.3 is 13.7 Å². The Balaban J connectivity index is 0.964. The van der Waals surface area contributed by atoms with Crippen LogP contribution in [0.1, 0.15) is 0 Å². The summed E-state index contributed by atoms with van der Waals surface area (Å²) in [5.74, 6) is 0.585. The van der Waals surface area contributed by atoms with Crippen molar-refractivity contribution >= 4 is 92.4 Å². The Bertz CT molecular complexity index is 3920. The molecular formula is C59H36N2O2S. The van der Waals surface area contributed by atoms with E-state index in [1.165, 1.54) is 42.2 Å². The molecule has 4 nitrogen and oxygen atoms in total. The molecule has 3 heterocycles. The van der Waals surface area contributed by atoms with Gasteiger partial charge in [0.1, 0.15) is 16.7 Å². The topological polar surface area (TPSA) is 42.4 Å². The summed E-state index contributed by atoms with van der Waals surface area (Å²) in [6, 6.07) is 77.6. The van der Waals surface area contributed by atoms with E-state index in [1.807, 2.05) is 30.3 Å². The molecule has 64 heavy (non-hydrogen) atoms. The van der Waals surface area contributed by atoms with Crippen LogP contribution in [0.3, 0.4) is 0 Å². The second-order valence-electron chi connectivity index (χ2n) is 16.3. The van der Waals surface area contributed by atoms with Crippen molar-refractivity contribution in [3.8, 4) is 44.8 Å². The van der Waals surface area contributed by atoms with Gasteiger partial charge in [0.25, 0.3) is 0 Å². The predicted molar refractivity (Wildman–Crippen MR) is 268 cm³/mol. The Morgan fingerprint density at radius 2 is 1.02 bits per heavy atom. The molecule has 13 aromatic rings. The van der Waals surface area contributed by atoms with Crippen LogP contribution in [-0.4, -0.2) is 4.98 Å². The molecule has 0 bridgehead atoms. The molecule has 300 valence electrons. The molecule has 0 unspecified atom stereocenters. The third kappa shape index (κ3) is 6.09. The van der Waals surface area contributed by atoms with E-state index in [2.05, 4.69) is 193 Å². The highest BCUT2D eigenvalue weighted by Crippen LogP contribution is 2.47. The molecule has 13 rings (SSSR count). The fraction of sp³-hybridized carbons (Fsp3) is 0. The van der Waals surface area contributed by atoms with Crippen LogP contribution in [0.15, 0.2) is 227 Å². The van der Waals surface area contributed by atoms with E-state index in [9.17, 15) is 0 Å². The normalized spacial score (nSPS) is 11.8. The van der Waals surface area contributed by atoms with Crippen molar-refractivity contribution < 1.29 is 8.83 Å². The van der Waals surface area contributed by atoms with Crippen molar-refractivity contribution in [2.45, 2.75) is 0 Å². The molecular weight excluding hydrogens is 801 g/mol. The van der Waals surface area contributed by atoms with Crippen LogP contribution in [0.25, 0.3) is 109 Å². The van der Waals surface area contributed by atoms with Crippen molar-refractivity contribution in [1.29, 1.82) is 0 Å². The molecule has 0 aliphatic rings. The zero-order valence-electron chi connectivity index (χ0n) is 34.4. The van der Waals surface area contributed by atoms with E-state index in [1.54, 1.807) is 11.3 Å². The van der Waals surface area contributed by atoms with Crippen molar-refractivity contribution in [2.24, 2.45) is 0 Å². The number of nitrogens with zero attached hydrogens (tertiary/aromatic N) is 2. The smallest absolute Gasteiger partial charge is 0.227 e. The minimum atomic E-state index is 0.585. The number of benzene rings is 10. The van der Waals surface area contributed by atoms with Crippen molar-refractivity contribution in [3.63, 3.8) is 0 Å². The van der Waals surface area contributed by atoms with Gasteiger partial charge in [0, 0.05) is 59.1 Å². The van der Waals surface area contributed by atoms with Gasteiger partial charge in [-0.15, -0.1) is 11.3 Å². The first-order valence-corrected chi connectivity index (χ1v) is 22.3. The number of rotatable bonds is 7. The average Bonchev–Trinajstić information content (AvgIpc) is 4.08. The van der Waals surface area contributed by atoms with Gasteiger partial charge in [0.05, 0.1) is 0 Å². The lowest BCUT2D eigenvalue weighted by Gasteiger charge is -2.27. The van der Waals surface area contributed by atoms with Crippen LogP contribution >= 0.6 is 11.3 Å². The lowest BCUT2D eigenvalue weighted by Crippen LogP contribution is -2.10. The van der Waals surface area contributed by atoms with Crippen LogP contribution < -0.4 is 4.90 Å². The van der Waals surface area contributed by atoms with Gasteiger partial charge in [-0.2, -0.15) is 0 Å². The van der Waals surface area contributed by atoms with Gasteiger partial charge in [-0.05, 0) is 117 Å². The summed E-state index contributed by atoms with van der Waals surface area (Å²) in [5.41, 5.74) is 14.3. The van der Waals surface area contributed by atoms with E-state index < -0.39 is 0 Å². The summed E-state index contributed by atoms with van der Waals surface area (Å²) in [5, 5.41) is 6.88. The first-order chi connectivity index (χ1) is 31.7. The highest BCUT2D eigenvalue weighted by atomic mass is 32.1. The van der Waals surface area contributed by atoms with Gasteiger partial charge in [0.15, 0.2) is 5.58 Å². The number of furan rings is 1. The van der Waals surface area contributed by atoms with Gasteiger partial charge in [-0.1, -0.05) is 140 Å². The van der Waals surface area contributed by atoms with E-state index in [4.69, 9.17) is 13.8 Å². The van der Waals surface area contributed by atoms with E-state index in [-0.39, 0.29) is 0 Å². The SMILES string of the molecule is c1ccc(-c2cccc(N(c3ccc(-c4ccc5ccccc5c4)cc3)c3cccc(-c4cc5oc(-c6ccc7oc8ccccc8c7c6)nc5c5c4sc4ccccc45)c3)c2)cc1. The maximum atomic E-state index is 6.78. The summed E-state index contributed by atoms with van der Waals surface area (Å²) in [6.45, 7) is 0. The molecule has 0 spiro atoms. The number of hydrogen-bond donors (Lipinski definition) is 0. The Hall–Kier alpha value is -8.25. The lowest BCUT2D eigenvalue weighted by atomic mass is 9.99. The van der Waals surface area contributed by atoms with Gasteiger partial charge in [-0.25, -0.2) is 4.98 Å². The maximum absolute atomic E-state index is 6.78. The molecule has 3 aromatic heterocycles. The summed E-state index contributed by atoms with van der Waals surface area (Å²) >= 11 is 1.81. The molecule has 0 saturated carbocycles. The molecule has 5 heteroatoms. The molecule has 0 N–H and O–H groups in total. The predicted octanol–water partition coefficient (Wildman–Crippen LogP) is 17.4. The first kappa shape index (κ1) is 36.4. The quantitative estimate of drug-likeness (QED) is 0.160. The minimum absolute atomic E-state index is 0.585. The standard InChI is InChI=1S/C59H36N2O2S/c1-2-12-37(13-3-1)41-16-10-18-46(33-41)61(45-29-26-39(27-30-45)42-25-24-38-14-4-5-15-40(38)32-42)47-19-11-17-43(34-47)50-36-54-57(56-49-21-7-9-23-55(49)64-58(50)56)60-59(63-54)44-28-31-53-51(35-44)48-20-6-8-22-52(48)62-53/h1-36H. The van der Waals surface area contributed by atoms with Crippen LogP contribution in [-0.2, 0) is 0 Å². The summed E-state index contributed by atoms with van der Waals surface area (Å²) in [6.07, 6.45) is 0. The summed E-state index contributed by atoms with van der Waals surface area (Å²) < 4.78 is 15.3. The third-order valence-electron chi connectivity index (χ3n) is 12.5. The molecule has 10 aromatic carbocycles. The monoisotopic (exact) mass is 836 g/mol. The van der Waals surface area contributed by atoms with E-state index in [0.29, 0.717) is 5.89 Å². The van der Waals surface area contributed by atoms with Crippen LogP contribution in [0.2, 0.25) is 0 Å². The number of para-hydroxylation sites is 1. The molecule has 0 amide bonds. The highest BCUT2D eigenvalue weighted by molar-refractivity contribution is 7.26. The second-order valence-corrected chi connectivity index (χ2v) is 17.4. The Labute approximate surface area is 372 Å². The number of aromatic nitrogens is 1. The number of thiophene rings is 1. The molecule has 0 atom stereocenters. The largest absolute Gasteiger partial charge is 0.456 e. The zero-order chi connectivity index (χ0) is 42.1. The number of oxazole rings is 1. The minimum Gasteiger partial charge on any atom is -0.456 e. The molecule has 0 radical (unpaired) electrons. The summed E-state index contributed by atoms with van der Waals surface area (Å²) in [7, 11) is 0. The second kappa shape index (κ2) is 14.7. The molecule has 0 aliphatic heterocycles. The number of anilines is 3. The third-order valence-corrected chi connectivity index (χ3v) is 13.7. The number of fused-ring (bicyclic) bond motifs is 9. The maximum Gasteiger partial charge on any atom is 0.227 e. The van der Waals surface area contributed by atoms with Crippen LogP contribution in [0.5, 0.6) is 0 Å². The highest BCUT2D eigenvalue weighted by Gasteiger charge is 2.22. The lowest BCUT2D eigenvalue weighted by molar-refractivity contribution is 0.620. The van der Waals surface area contributed by atoms with Gasteiger partial charge in [0.2, 0.25) is 5.89 Å². The van der Waals surface area contributed by atoms with Crippen molar-refractivity contribution in [1.82, 2.24) is 4.98 Å². The van der Waals surface area contributed by atoms with Crippen molar-refractivity contribution in [3.05, 3.63) is 218 Å². The molecule has 0 fully saturated rings. The van der Waals surface area contributed by atoms with Gasteiger partial charge in [-0.3, -0.25) is 0 Å². The van der Waals surface area contributed by atoms with Crippen LogP contribution in [0.4, 0.5) is 17.1 Å². The van der Waals surface area contributed by atoms with Crippen molar-refractivity contribution in [2.75, 3.05) is 4.90 Å². The van der Waals surface area contributed by atoms with E-state index in [0.717, 1.165) is 77.7 Å². The summed E-state index contributed by atoms with van der Waals surface area (Å²) in [4.78, 5) is 7.61.